The molecule has 2 aliphatic rings. The zero-order valence-corrected chi connectivity index (χ0v) is 19.7. The Kier molecular flexibility index (Phi) is 7.20. The predicted octanol–water partition coefficient (Wildman–Crippen LogP) is 4.41. The zero-order valence-electron chi connectivity index (χ0n) is 19.7. The monoisotopic (exact) mass is 464 g/mol. The van der Waals surface area contributed by atoms with Crippen molar-refractivity contribution in [1.29, 1.82) is 0 Å². The van der Waals surface area contributed by atoms with Gasteiger partial charge in [0.15, 0.2) is 0 Å². The fourth-order valence-corrected chi connectivity index (χ4v) is 5.09. The van der Waals surface area contributed by atoms with Crippen LogP contribution in [0, 0.1) is 5.92 Å². The van der Waals surface area contributed by atoms with Crippen molar-refractivity contribution in [2.45, 2.75) is 57.5 Å². The molecule has 4 rings (SSSR count). The quantitative estimate of drug-likeness (QED) is 0.660. The summed E-state index contributed by atoms with van der Waals surface area (Å²) in [5.41, 5.74) is 4.51. The second-order valence-corrected chi connectivity index (χ2v) is 9.43. The van der Waals surface area contributed by atoms with Crippen LogP contribution in [0.4, 0.5) is 4.79 Å². The van der Waals surface area contributed by atoms with Crippen molar-refractivity contribution in [3.05, 3.63) is 59.7 Å². The molecule has 1 unspecified atom stereocenters. The smallest absolute Gasteiger partial charge is 0.407 e. The predicted molar refractivity (Wildman–Crippen MR) is 128 cm³/mol. The molecule has 0 bridgehead atoms. The maximum atomic E-state index is 13.3. The van der Waals surface area contributed by atoms with E-state index in [-0.39, 0.29) is 24.3 Å². The van der Waals surface area contributed by atoms with Crippen molar-refractivity contribution in [3.8, 4) is 11.1 Å². The molecule has 34 heavy (non-hydrogen) atoms. The number of fused-ring (bicyclic) bond motifs is 3. The number of hydrogen-bond acceptors (Lipinski definition) is 4. The van der Waals surface area contributed by atoms with E-state index in [1.165, 1.54) is 4.90 Å². The summed E-state index contributed by atoms with van der Waals surface area (Å²) in [6.45, 7) is 4.20. The number of hydrogen-bond donors (Lipinski definition) is 2. The Labute approximate surface area is 200 Å². The molecule has 1 fully saturated rings. The van der Waals surface area contributed by atoms with Crippen LogP contribution in [0.1, 0.15) is 56.6 Å². The minimum Gasteiger partial charge on any atom is -0.480 e. The lowest BCUT2D eigenvalue weighted by atomic mass is 9.98. The number of carbonyl (C=O) groups is 3. The van der Waals surface area contributed by atoms with Gasteiger partial charge in [0.2, 0.25) is 5.91 Å². The summed E-state index contributed by atoms with van der Waals surface area (Å²) >= 11 is 0. The first-order valence-corrected chi connectivity index (χ1v) is 12.0. The summed E-state index contributed by atoms with van der Waals surface area (Å²) in [4.78, 5) is 39.3. The number of rotatable bonds is 6. The highest BCUT2D eigenvalue weighted by Crippen LogP contribution is 2.44. The van der Waals surface area contributed by atoms with E-state index in [0.29, 0.717) is 13.0 Å². The summed E-state index contributed by atoms with van der Waals surface area (Å²) in [5.74, 6) is -1.66. The van der Waals surface area contributed by atoms with Gasteiger partial charge in [-0.3, -0.25) is 4.79 Å². The molecule has 0 saturated carbocycles. The van der Waals surface area contributed by atoms with Gasteiger partial charge in [-0.1, -0.05) is 75.2 Å². The maximum Gasteiger partial charge on any atom is 0.407 e. The van der Waals surface area contributed by atoms with Crippen LogP contribution >= 0.6 is 0 Å². The van der Waals surface area contributed by atoms with Gasteiger partial charge in [0.25, 0.3) is 0 Å². The molecule has 2 N–H and O–H groups in total. The van der Waals surface area contributed by atoms with E-state index in [9.17, 15) is 19.5 Å². The largest absolute Gasteiger partial charge is 0.480 e. The molecule has 1 aliphatic heterocycles. The second-order valence-electron chi connectivity index (χ2n) is 9.43. The summed E-state index contributed by atoms with van der Waals surface area (Å²) < 4.78 is 5.62. The SMILES string of the molecule is CC(C)[C@@H](NC(=O)OCC1c2ccccc2-c2ccccc21)C(=O)N1CCCCCC1C(=O)O. The molecule has 1 saturated heterocycles. The molecular formula is C27H32N2O5. The van der Waals surface area contributed by atoms with E-state index in [1.807, 2.05) is 50.2 Å². The molecule has 7 heteroatoms. The van der Waals surface area contributed by atoms with Crippen LogP contribution in [-0.4, -0.2) is 53.2 Å². The lowest BCUT2D eigenvalue weighted by Crippen LogP contribution is -2.55. The molecule has 0 aromatic heterocycles. The van der Waals surface area contributed by atoms with E-state index in [4.69, 9.17) is 4.74 Å². The van der Waals surface area contributed by atoms with E-state index in [0.717, 1.165) is 41.5 Å². The van der Waals surface area contributed by atoms with Crippen LogP contribution in [0.2, 0.25) is 0 Å². The number of likely N-dealkylation sites (tertiary alicyclic amines) is 1. The molecule has 2 amide bonds. The second kappa shape index (κ2) is 10.3. The van der Waals surface area contributed by atoms with Crippen LogP contribution in [0.5, 0.6) is 0 Å². The minimum absolute atomic E-state index is 0.0756. The summed E-state index contributed by atoms with van der Waals surface area (Å²) in [6.07, 6.45) is 2.17. The van der Waals surface area contributed by atoms with Gasteiger partial charge in [0.1, 0.15) is 18.7 Å². The standard InChI is InChI=1S/C27H32N2O5/c1-17(2)24(25(30)29-15-9-3-4-14-23(29)26(31)32)28-27(33)34-16-22-20-12-7-5-10-18(20)19-11-6-8-13-21(19)22/h5-8,10-13,17,22-24H,3-4,9,14-16H2,1-2H3,(H,28,33)(H,31,32)/t23?,24-/m1/s1. The summed E-state index contributed by atoms with van der Waals surface area (Å²) in [5, 5.41) is 12.4. The molecule has 1 heterocycles. The number of carboxylic acids is 1. The van der Waals surface area contributed by atoms with Crippen molar-refractivity contribution in [3.63, 3.8) is 0 Å². The van der Waals surface area contributed by atoms with Crippen LogP contribution in [0.25, 0.3) is 11.1 Å². The number of alkyl carbamates (subject to hydrolysis) is 1. The molecule has 1 aliphatic carbocycles. The Morgan fingerprint density at radius 2 is 1.62 bits per heavy atom. The normalized spacial score (nSPS) is 18.6. The number of nitrogens with one attached hydrogen (secondary N) is 1. The van der Waals surface area contributed by atoms with Gasteiger partial charge in [-0.25, -0.2) is 9.59 Å². The van der Waals surface area contributed by atoms with E-state index < -0.39 is 24.1 Å². The fourth-order valence-electron chi connectivity index (χ4n) is 5.09. The molecule has 2 atom stereocenters. The van der Waals surface area contributed by atoms with Crippen LogP contribution < -0.4 is 5.32 Å². The average molecular weight is 465 g/mol. The number of aliphatic carboxylic acids is 1. The van der Waals surface area contributed by atoms with Gasteiger partial charge in [-0.05, 0) is 41.0 Å². The third kappa shape index (κ3) is 4.79. The topological polar surface area (TPSA) is 95.9 Å². The fraction of sp³-hybridized carbons (Fsp3) is 0.444. The highest BCUT2D eigenvalue weighted by molar-refractivity contribution is 5.89. The summed E-state index contributed by atoms with van der Waals surface area (Å²) in [7, 11) is 0. The Morgan fingerprint density at radius 3 is 2.21 bits per heavy atom. The van der Waals surface area contributed by atoms with E-state index in [2.05, 4.69) is 17.4 Å². The van der Waals surface area contributed by atoms with Gasteiger partial charge >= 0.3 is 12.1 Å². The Morgan fingerprint density at radius 1 is 1.00 bits per heavy atom. The number of carboxylic acid groups (broad SMARTS) is 1. The molecular weight excluding hydrogens is 432 g/mol. The van der Waals surface area contributed by atoms with Crippen LogP contribution in [-0.2, 0) is 14.3 Å². The number of ether oxygens (including phenoxy) is 1. The summed E-state index contributed by atoms with van der Waals surface area (Å²) in [6, 6.07) is 14.5. The molecule has 180 valence electrons. The minimum atomic E-state index is -1.00. The Hall–Kier alpha value is -3.35. The van der Waals surface area contributed by atoms with Crippen molar-refractivity contribution >= 4 is 18.0 Å². The maximum absolute atomic E-state index is 13.3. The van der Waals surface area contributed by atoms with E-state index >= 15 is 0 Å². The third-order valence-electron chi connectivity index (χ3n) is 6.87. The van der Waals surface area contributed by atoms with Crippen molar-refractivity contribution in [1.82, 2.24) is 10.2 Å². The highest BCUT2D eigenvalue weighted by Gasteiger charge is 2.37. The van der Waals surface area contributed by atoms with Crippen molar-refractivity contribution < 1.29 is 24.2 Å². The zero-order chi connectivity index (χ0) is 24.2. The molecule has 2 aromatic rings. The van der Waals surface area contributed by atoms with Crippen molar-refractivity contribution in [2.75, 3.05) is 13.2 Å². The lowest BCUT2D eigenvalue weighted by molar-refractivity contribution is -0.151. The number of carbonyl (C=O) groups excluding carboxylic acids is 2. The molecule has 2 aromatic carbocycles. The van der Waals surface area contributed by atoms with E-state index in [1.54, 1.807) is 0 Å². The molecule has 0 radical (unpaired) electrons. The van der Waals surface area contributed by atoms with Gasteiger partial charge in [-0.2, -0.15) is 0 Å². The first kappa shape index (κ1) is 23.8. The first-order chi connectivity index (χ1) is 16.4. The first-order valence-electron chi connectivity index (χ1n) is 12.0. The molecule has 7 nitrogen and oxygen atoms in total. The van der Waals surface area contributed by atoms with Gasteiger partial charge < -0.3 is 20.1 Å². The van der Waals surface area contributed by atoms with Crippen LogP contribution in [0.15, 0.2) is 48.5 Å². The van der Waals surface area contributed by atoms with Gasteiger partial charge in [0, 0.05) is 12.5 Å². The van der Waals surface area contributed by atoms with Gasteiger partial charge in [0.05, 0.1) is 0 Å². The number of amides is 2. The third-order valence-corrected chi connectivity index (χ3v) is 6.87. The Balaban J connectivity index is 1.45. The average Bonchev–Trinajstić information content (AvgIpc) is 2.96. The highest BCUT2D eigenvalue weighted by atomic mass is 16.5. The van der Waals surface area contributed by atoms with Crippen molar-refractivity contribution in [2.24, 2.45) is 5.92 Å². The Bertz CT molecular complexity index is 1020. The molecule has 0 spiro atoms. The van der Waals surface area contributed by atoms with Crippen LogP contribution in [0.3, 0.4) is 0 Å². The lowest BCUT2D eigenvalue weighted by Gasteiger charge is -2.32. The number of nitrogens with zero attached hydrogens (tertiary/aromatic N) is 1. The number of benzene rings is 2. The van der Waals surface area contributed by atoms with Gasteiger partial charge in [-0.15, -0.1) is 0 Å².